The third-order valence-corrected chi connectivity index (χ3v) is 4.93. The highest BCUT2D eigenvalue weighted by Gasteiger charge is 2.23. The highest BCUT2D eigenvalue weighted by molar-refractivity contribution is 5.97. The molecular formula is C21H26N4O3. The van der Waals surface area contributed by atoms with Crippen molar-refractivity contribution in [1.82, 2.24) is 9.88 Å². The Morgan fingerprint density at radius 2 is 2.14 bits per heavy atom. The van der Waals surface area contributed by atoms with Crippen molar-refractivity contribution in [2.75, 3.05) is 25.5 Å². The van der Waals surface area contributed by atoms with Crippen LogP contribution in [-0.4, -0.2) is 47.9 Å². The average molecular weight is 382 g/mol. The first-order chi connectivity index (χ1) is 13.6. The first-order valence-electron chi connectivity index (χ1n) is 9.49. The van der Waals surface area contributed by atoms with E-state index in [0.29, 0.717) is 24.3 Å². The number of rotatable bonds is 6. The number of nitrogens with two attached hydrogens (primary N) is 1. The van der Waals surface area contributed by atoms with Crippen LogP contribution in [0.2, 0.25) is 0 Å². The highest BCUT2D eigenvalue weighted by atomic mass is 16.5. The number of pyridine rings is 1. The fourth-order valence-electron chi connectivity index (χ4n) is 3.47. The van der Waals surface area contributed by atoms with Gasteiger partial charge < -0.3 is 20.7 Å². The molecule has 0 radical (unpaired) electrons. The third-order valence-electron chi connectivity index (χ3n) is 4.93. The van der Waals surface area contributed by atoms with E-state index >= 15 is 0 Å². The van der Waals surface area contributed by atoms with Crippen LogP contribution in [0.4, 0.5) is 5.82 Å². The summed E-state index contributed by atoms with van der Waals surface area (Å²) in [7, 11) is 1.62. The van der Waals surface area contributed by atoms with Gasteiger partial charge in [-0.1, -0.05) is 12.1 Å². The maximum atomic E-state index is 12.9. The van der Waals surface area contributed by atoms with Crippen molar-refractivity contribution in [2.24, 2.45) is 5.73 Å². The van der Waals surface area contributed by atoms with Crippen molar-refractivity contribution in [3.8, 4) is 5.75 Å². The minimum atomic E-state index is -0.518. The number of likely N-dealkylation sites (tertiary alicyclic amines) is 1. The molecule has 28 heavy (non-hydrogen) atoms. The summed E-state index contributed by atoms with van der Waals surface area (Å²) in [6.45, 7) is 1.30. The van der Waals surface area contributed by atoms with Crippen LogP contribution in [-0.2, 0) is 11.2 Å². The molecule has 0 saturated carbocycles. The molecule has 148 valence electrons. The predicted octanol–water partition coefficient (Wildman–Crippen LogP) is 2.22. The number of hydrogen-bond donors (Lipinski definition) is 2. The van der Waals surface area contributed by atoms with E-state index in [9.17, 15) is 9.59 Å². The molecule has 7 nitrogen and oxygen atoms in total. The Hall–Kier alpha value is -3.09. The monoisotopic (exact) mass is 382 g/mol. The molecule has 1 fully saturated rings. The number of hydrogen-bond acceptors (Lipinski definition) is 5. The van der Waals surface area contributed by atoms with Crippen molar-refractivity contribution < 1.29 is 14.3 Å². The second kappa shape index (κ2) is 9.21. The zero-order valence-corrected chi connectivity index (χ0v) is 16.1. The van der Waals surface area contributed by atoms with E-state index in [1.165, 1.54) is 0 Å². The lowest BCUT2D eigenvalue weighted by atomic mass is 10.1. The van der Waals surface area contributed by atoms with Crippen LogP contribution in [0.1, 0.15) is 35.2 Å². The molecule has 0 unspecified atom stereocenters. The summed E-state index contributed by atoms with van der Waals surface area (Å²) >= 11 is 0. The summed E-state index contributed by atoms with van der Waals surface area (Å²) in [5.74, 6) is 0.783. The Morgan fingerprint density at radius 3 is 2.93 bits per heavy atom. The van der Waals surface area contributed by atoms with Gasteiger partial charge in [0.25, 0.3) is 5.91 Å². The van der Waals surface area contributed by atoms with E-state index in [1.54, 1.807) is 25.4 Å². The van der Waals surface area contributed by atoms with E-state index in [-0.39, 0.29) is 11.9 Å². The lowest BCUT2D eigenvalue weighted by Crippen LogP contribution is -2.40. The number of carbonyl (C=O) groups is 2. The minimum absolute atomic E-state index is 0.0183. The van der Waals surface area contributed by atoms with Crippen LogP contribution in [0.15, 0.2) is 42.6 Å². The second-order valence-corrected chi connectivity index (χ2v) is 6.97. The molecule has 2 amide bonds. The summed E-state index contributed by atoms with van der Waals surface area (Å²) in [6, 6.07) is 10.9. The van der Waals surface area contributed by atoms with Crippen LogP contribution in [0.5, 0.6) is 5.75 Å². The molecule has 7 heteroatoms. The van der Waals surface area contributed by atoms with Gasteiger partial charge in [0.2, 0.25) is 5.91 Å². The molecular weight excluding hydrogens is 356 g/mol. The number of anilines is 1. The first kappa shape index (κ1) is 19.7. The number of primary amides is 1. The normalized spacial score (nSPS) is 16.9. The summed E-state index contributed by atoms with van der Waals surface area (Å²) in [4.78, 5) is 30.6. The van der Waals surface area contributed by atoms with Gasteiger partial charge in [0.05, 0.1) is 19.1 Å². The third kappa shape index (κ3) is 5.00. The van der Waals surface area contributed by atoms with Crippen molar-refractivity contribution in [1.29, 1.82) is 0 Å². The Labute approximate surface area is 164 Å². The van der Waals surface area contributed by atoms with E-state index in [0.717, 1.165) is 37.1 Å². The van der Waals surface area contributed by atoms with E-state index in [2.05, 4.69) is 10.3 Å². The SMILES string of the molecule is COc1cccc(CC(=O)N2CCCC[C@H](Nc3ncccc3C(N)=O)C2)c1. The first-order valence-corrected chi connectivity index (χ1v) is 9.49. The van der Waals surface area contributed by atoms with Crippen LogP contribution in [0, 0.1) is 0 Å². The van der Waals surface area contributed by atoms with Crippen molar-refractivity contribution >= 4 is 17.6 Å². The number of aromatic nitrogens is 1. The molecule has 1 aromatic carbocycles. The number of ether oxygens (including phenoxy) is 1. The van der Waals surface area contributed by atoms with Gasteiger partial charge in [0.1, 0.15) is 11.6 Å². The fourth-order valence-corrected chi connectivity index (χ4v) is 3.47. The number of carbonyl (C=O) groups excluding carboxylic acids is 2. The fraction of sp³-hybridized carbons (Fsp3) is 0.381. The van der Waals surface area contributed by atoms with Crippen LogP contribution in [0.25, 0.3) is 0 Å². The molecule has 0 aliphatic carbocycles. The van der Waals surface area contributed by atoms with Gasteiger partial charge in [0.15, 0.2) is 0 Å². The molecule has 1 aromatic heterocycles. The van der Waals surface area contributed by atoms with Gasteiger partial charge in [-0.15, -0.1) is 0 Å². The number of nitrogens with zero attached hydrogens (tertiary/aromatic N) is 2. The van der Waals surface area contributed by atoms with E-state index in [4.69, 9.17) is 10.5 Å². The predicted molar refractivity (Wildman–Crippen MR) is 107 cm³/mol. The van der Waals surface area contributed by atoms with Gasteiger partial charge in [-0.3, -0.25) is 9.59 Å². The molecule has 0 spiro atoms. The maximum Gasteiger partial charge on any atom is 0.252 e. The summed E-state index contributed by atoms with van der Waals surface area (Å²) in [5.41, 5.74) is 6.73. The number of benzene rings is 1. The minimum Gasteiger partial charge on any atom is -0.497 e. The largest absolute Gasteiger partial charge is 0.497 e. The molecule has 2 heterocycles. The van der Waals surface area contributed by atoms with Crippen molar-refractivity contribution in [2.45, 2.75) is 31.7 Å². The topological polar surface area (TPSA) is 97.6 Å². The van der Waals surface area contributed by atoms with Gasteiger partial charge in [-0.25, -0.2) is 4.98 Å². The van der Waals surface area contributed by atoms with Crippen LogP contribution in [0.3, 0.4) is 0 Å². The van der Waals surface area contributed by atoms with E-state index < -0.39 is 5.91 Å². The van der Waals surface area contributed by atoms with Gasteiger partial charge in [-0.05, 0) is 49.1 Å². The highest BCUT2D eigenvalue weighted by Crippen LogP contribution is 2.19. The molecule has 1 atom stereocenters. The summed E-state index contributed by atoms with van der Waals surface area (Å²) in [5, 5.41) is 3.31. The van der Waals surface area contributed by atoms with Gasteiger partial charge in [0, 0.05) is 25.3 Å². The zero-order valence-electron chi connectivity index (χ0n) is 16.1. The zero-order chi connectivity index (χ0) is 19.9. The van der Waals surface area contributed by atoms with Crippen molar-refractivity contribution in [3.63, 3.8) is 0 Å². The number of nitrogens with one attached hydrogen (secondary N) is 1. The molecule has 1 saturated heterocycles. The molecule has 1 aliphatic rings. The Morgan fingerprint density at radius 1 is 1.29 bits per heavy atom. The lowest BCUT2D eigenvalue weighted by Gasteiger charge is -2.26. The maximum absolute atomic E-state index is 12.9. The Balaban J connectivity index is 1.68. The van der Waals surface area contributed by atoms with E-state index in [1.807, 2.05) is 29.2 Å². The average Bonchev–Trinajstić information content (AvgIpc) is 2.94. The van der Waals surface area contributed by atoms with Crippen LogP contribution >= 0.6 is 0 Å². The standard InChI is InChI=1S/C21H26N4O3/c1-28-17-8-4-6-15(12-17)13-19(26)25-11-3-2-7-16(14-25)24-21-18(20(22)27)9-5-10-23-21/h4-6,8-10,12,16H,2-3,7,11,13-14H2,1H3,(H2,22,27)(H,23,24)/t16-/m0/s1. The molecule has 2 aromatic rings. The molecule has 3 N–H and O–H groups in total. The number of methoxy groups -OCH3 is 1. The Bertz CT molecular complexity index is 840. The van der Waals surface area contributed by atoms with Gasteiger partial charge >= 0.3 is 0 Å². The second-order valence-electron chi connectivity index (χ2n) is 6.97. The van der Waals surface area contributed by atoms with Gasteiger partial charge in [-0.2, -0.15) is 0 Å². The Kier molecular flexibility index (Phi) is 6.47. The quantitative estimate of drug-likeness (QED) is 0.798. The summed E-state index contributed by atoms with van der Waals surface area (Å²) < 4.78 is 5.24. The van der Waals surface area contributed by atoms with Crippen molar-refractivity contribution in [3.05, 3.63) is 53.7 Å². The molecule has 1 aliphatic heterocycles. The molecule has 3 rings (SSSR count). The lowest BCUT2D eigenvalue weighted by molar-refractivity contribution is -0.130. The van der Waals surface area contributed by atoms with Crippen LogP contribution < -0.4 is 15.8 Å². The number of amides is 2. The summed E-state index contributed by atoms with van der Waals surface area (Å²) in [6.07, 6.45) is 4.81. The molecule has 0 bridgehead atoms. The smallest absolute Gasteiger partial charge is 0.252 e.